The van der Waals surface area contributed by atoms with Crippen LogP contribution < -0.4 is 0 Å². The normalized spacial score (nSPS) is 10.5. The highest BCUT2D eigenvalue weighted by molar-refractivity contribution is 9.10. The minimum atomic E-state index is 0.421. The van der Waals surface area contributed by atoms with E-state index in [0.717, 1.165) is 15.8 Å². The van der Waals surface area contributed by atoms with E-state index in [1.807, 2.05) is 18.2 Å². The SMILES string of the molecule is Clc1cc(Cl)c(CSc2ccccc2Br)cn1. The van der Waals surface area contributed by atoms with Crippen LogP contribution in [0.15, 0.2) is 45.9 Å². The molecule has 0 N–H and O–H groups in total. The molecule has 0 unspecified atom stereocenters. The quantitative estimate of drug-likeness (QED) is 0.540. The van der Waals surface area contributed by atoms with E-state index in [-0.39, 0.29) is 0 Å². The van der Waals surface area contributed by atoms with Crippen molar-refractivity contribution in [3.8, 4) is 0 Å². The van der Waals surface area contributed by atoms with Crippen LogP contribution >= 0.6 is 50.9 Å². The van der Waals surface area contributed by atoms with Gasteiger partial charge in [-0.05, 0) is 39.7 Å². The van der Waals surface area contributed by atoms with Gasteiger partial charge in [0.25, 0.3) is 0 Å². The van der Waals surface area contributed by atoms with E-state index in [1.54, 1.807) is 24.0 Å². The van der Waals surface area contributed by atoms with Crippen LogP contribution in [-0.2, 0) is 5.75 Å². The Labute approximate surface area is 123 Å². The molecule has 1 aromatic carbocycles. The fourth-order valence-electron chi connectivity index (χ4n) is 1.26. The molecule has 1 heterocycles. The molecule has 0 aliphatic heterocycles. The molecular formula is C12H8BrCl2NS. The van der Waals surface area contributed by atoms with Gasteiger partial charge in [0.05, 0.1) is 0 Å². The van der Waals surface area contributed by atoms with Crippen LogP contribution in [0.5, 0.6) is 0 Å². The molecule has 0 aliphatic rings. The minimum absolute atomic E-state index is 0.421. The van der Waals surface area contributed by atoms with Gasteiger partial charge in [0.15, 0.2) is 0 Å². The van der Waals surface area contributed by atoms with E-state index in [4.69, 9.17) is 23.2 Å². The first-order valence-corrected chi connectivity index (χ1v) is 7.37. The van der Waals surface area contributed by atoms with Crippen LogP contribution in [0, 0.1) is 0 Å². The second kappa shape index (κ2) is 6.10. The third kappa shape index (κ3) is 3.62. The summed E-state index contributed by atoms with van der Waals surface area (Å²) in [5.41, 5.74) is 0.983. The molecule has 0 radical (unpaired) electrons. The monoisotopic (exact) mass is 347 g/mol. The molecule has 0 amide bonds. The molecule has 0 spiro atoms. The Hall–Kier alpha value is -0.220. The largest absolute Gasteiger partial charge is 0.244 e. The predicted octanol–water partition coefficient (Wildman–Crippen LogP) is 5.44. The van der Waals surface area contributed by atoms with Crippen LogP contribution in [0.4, 0.5) is 0 Å². The molecule has 0 fully saturated rings. The summed E-state index contributed by atoms with van der Waals surface area (Å²) in [6, 6.07) is 9.74. The average Bonchev–Trinajstić information content (AvgIpc) is 2.30. The predicted molar refractivity (Wildman–Crippen MR) is 78.0 cm³/mol. The smallest absolute Gasteiger partial charge is 0.130 e. The van der Waals surface area contributed by atoms with E-state index in [1.165, 1.54) is 4.90 Å². The Bertz CT molecular complexity index is 534. The van der Waals surface area contributed by atoms with Gasteiger partial charge < -0.3 is 0 Å². The molecule has 1 aromatic heterocycles. The fourth-order valence-corrected chi connectivity index (χ4v) is 3.32. The third-order valence-corrected chi connectivity index (χ3v) is 4.75. The highest BCUT2D eigenvalue weighted by atomic mass is 79.9. The summed E-state index contributed by atoms with van der Waals surface area (Å²) in [6.07, 6.45) is 1.72. The highest BCUT2D eigenvalue weighted by Gasteiger charge is 2.05. The molecule has 17 heavy (non-hydrogen) atoms. The summed E-state index contributed by atoms with van der Waals surface area (Å²) < 4.78 is 1.09. The summed E-state index contributed by atoms with van der Waals surface area (Å²) in [7, 11) is 0. The molecule has 2 rings (SSSR count). The second-order valence-corrected chi connectivity index (χ2v) is 5.98. The van der Waals surface area contributed by atoms with Crippen molar-refractivity contribution in [1.29, 1.82) is 0 Å². The summed E-state index contributed by atoms with van der Waals surface area (Å²) >= 11 is 17.1. The van der Waals surface area contributed by atoms with Crippen LogP contribution in [-0.4, -0.2) is 4.98 Å². The first-order chi connectivity index (χ1) is 8.16. The van der Waals surface area contributed by atoms with E-state index in [2.05, 4.69) is 27.0 Å². The van der Waals surface area contributed by atoms with Crippen molar-refractivity contribution in [3.05, 3.63) is 56.7 Å². The number of halogens is 3. The van der Waals surface area contributed by atoms with Crippen LogP contribution in [0.2, 0.25) is 10.2 Å². The van der Waals surface area contributed by atoms with Gasteiger partial charge in [-0.2, -0.15) is 0 Å². The Morgan fingerprint density at radius 3 is 2.71 bits per heavy atom. The zero-order valence-corrected chi connectivity index (χ0v) is 12.6. The number of rotatable bonds is 3. The van der Waals surface area contributed by atoms with E-state index >= 15 is 0 Å². The molecular weight excluding hydrogens is 341 g/mol. The molecule has 88 valence electrons. The molecule has 0 saturated heterocycles. The van der Waals surface area contributed by atoms with Gasteiger partial charge in [0.2, 0.25) is 0 Å². The van der Waals surface area contributed by atoms with Crippen LogP contribution in [0.3, 0.4) is 0 Å². The standard InChI is InChI=1S/C12H8BrCl2NS/c13-9-3-1-2-4-11(9)17-7-8-6-16-12(15)5-10(8)14/h1-6H,7H2. The Morgan fingerprint density at radius 1 is 1.24 bits per heavy atom. The van der Waals surface area contributed by atoms with Gasteiger partial charge in [0, 0.05) is 26.3 Å². The van der Waals surface area contributed by atoms with Gasteiger partial charge in [-0.25, -0.2) is 4.98 Å². The number of thioether (sulfide) groups is 1. The Kier molecular flexibility index (Phi) is 4.74. The first kappa shape index (κ1) is 13.2. The lowest BCUT2D eigenvalue weighted by molar-refractivity contribution is 1.25. The van der Waals surface area contributed by atoms with Crippen LogP contribution in [0.1, 0.15) is 5.56 Å². The minimum Gasteiger partial charge on any atom is -0.244 e. The Balaban J connectivity index is 2.10. The summed E-state index contributed by atoms with van der Waals surface area (Å²) in [5, 5.41) is 1.08. The maximum Gasteiger partial charge on any atom is 0.130 e. The molecule has 1 nitrogen and oxygen atoms in total. The zero-order valence-electron chi connectivity index (χ0n) is 8.66. The number of hydrogen-bond donors (Lipinski definition) is 0. The molecule has 5 heteroatoms. The highest BCUT2D eigenvalue weighted by Crippen LogP contribution is 2.31. The molecule has 0 saturated carbocycles. The van der Waals surface area contributed by atoms with Gasteiger partial charge in [-0.1, -0.05) is 35.3 Å². The molecule has 0 bridgehead atoms. The second-order valence-electron chi connectivity index (χ2n) is 3.32. The van der Waals surface area contributed by atoms with Crippen molar-refractivity contribution in [2.24, 2.45) is 0 Å². The zero-order chi connectivity index (χ0) is 12.3. The number of pyridine rings is 1. The van der Waals surface area contributed by atoms with E-state index in [9.17, 15) is 0 Å². The van der Waals surface area contributed by atoms with Crippen LogP contribution in [0.25, 0.3) is 0 Å². The lowest BCUT2D eigenvalue weighted by Crippen LogP contribution is -1.86. The van der Waals surface area contributed by atoms with E-state index < -0.39 is 0 Å². The van der Waals surface area contributed by atoms with Crippen molar-refractivity contribution in [1.82, 2.24) is 4.98 Å². The maximum atomic E-state index is 6.09. The lowest BCUT2D eigenvalue weighted by atomic mass is 10.3. The van der Waals surface area contributed by atoms with Gasteiger partial charge in [0.1, 0.15) is 5.15 Å². The number of hydrogen-bond acceptors (Lipinski definition) is 2. The van der Waals surface area contributed by atoms with Gasteiger partial charge in [-0.3, -0.25) is 0 Å². The average molecular weight is 349 g/mol. The Morgan fingerprint density at radius 2 is 2.00 bits per heavy atom. The molecule has 0 aliphatic carbocycles. The van der Waals surface area contributed by atoms with Crippen molar-refractivity contribution in [2.45, 2.75) is 10.6 Å². The summed E-state index contributed by atoms with van der Waals surface area (Å²) in [4.78, 5) is 5.21. The summed E-state index contributed by atoms with van der Waals surface area (Å²) in [5.74, 6) is 0.769. The van der Waals surface area contributed by atoms with E-state index in [0.29, 0.717) is 10.2 Å². The maximum absolute atomic E-state index is 6.09. The lowest BCUT2D eigenvalue weighted by Gasteiger charge is -2.05. The topological polar surface area (TPSA) is 12.9 Å². The summed E-state index contributed by atoms with van der Waals surface area (Å²) in [6.45, 7) is 0. The van der Waals surface area contributed by atoms with Crippen molar-refractivity contribution in [3.63, 3.8) is 0 Å². The molecule has 0 atom stereocenters. The number of benzene rings is 1. The number of nitrogens with zero attached hydrogens (tertiary/aromatic N) is 1. The fraction of sp³-hybridized carbons (Fsp3) is 0.0833. The first-order valence-electron chi connectivity index (χ1n) is 4.84. The van der Waals surface area contributed by atoms with Crippen molar-refractivity contribution >= 4 is 50.9 Å². The molecule has 2 aromatic rings. The number of aromatic nitrogens is 1. The van der Waals surface area contributed by atoms with Gasteiger partial charge >= 0.3 is 0 Å². The van der Waals surface area contributed by atoms with Gasteiger partial charge in [-0.15, -0.1) is 11.8 Å². The van der Waals surface area contributed by atoms with Crippen molar-refractivity contribution < 1.29 is 0 Å². The van der Waals surface area contributed by atoms with Crippen molar-refractivity contribution in [2.75, 3.05) is 0 Å². The third-order valence-electron chi connectivity index (χ3n) is 2.12.